The number of ether oxygens (including phenoxy) is 1. The van der Waals surface area contributed by atoms with Crippen molar-refractivity contribution in [3.63, 3.8) is 0 Å². The van der Waals surface area contributed by atoms with Crippen LogP contribution in [0.5, 0.6) is 0 Å². The molecule has 0 bridgehead atoms. The number of carbonyl (C=O) groups excluding carboxylic acids is 1. The van der Waals surface area contributed by atoms with Gasteiger partial charge in [0, 0.05) is 33.9 Å². The third-order valence-corrected chi connectivity index (χ3v) is 2.60. The first-order chi connectivity index (χ1) is 9.10. The minimum Gasteiger partial charge on any atom is -0.378 e. The Hall–Kier alpha value is -1.69. The van der Waals surface area contributed by atoms with Gasteiger partial charge in [0.2, 0.25) is 5.95 Å². The van der Waals surface area contributed by atoms with Gasteiger partial charge < -0.3 is 15.0 Å². The standard InChI is InChI=1S/C13H22N4O2/c1-5-6-7-14-12(18)10-8-15-13(17(2)3)16-11(10)9-19-4/h8H,5-7,9H2,1-4H3,(H,14,18). The summed E-state index contributed by atoms with van der Waals surface area (Å²) in [5, 5.41) is 2.86. The summed E-state index contributed by atoms with van der Waals surface area (Å²) in [4.78, 5) is 22.3. The fraction of sp³-hybridized carbons (Fsp3) is 0.615. The number of carbonyl (C=O) groups is 1. The molecule has 0 radical (unpaired) electrons. The molecule has 19 heavy (non-hydrogen) atoms. The number of unbranched alkanes of at least 4 members (excludes halogenated alkanes) is 1. The van der Waals surface area contributed by atoms with Gasteiger partial charge in [0.1, 0.15) is 0 Å². The molecule has 0 unspecified atom stereocenters. The average Bonchev–Trinajstić information content (AvgIpc) is 2.39. The maximum Gasteiger partial charge on any atom is 0.254 e. The van der Waals surface area contributed by atoms with Crippen LogP contribution < -0.4 is 10.2 Å². The van der Waals surface area contributed by atoms with E-state index < -0.39 is 0 Å². The molecule has 0 saturated heterocycles. The largest absolute Gasteiger partial charge is 0.378 e. The van der Waals surface area contributed by atoms with Gasteiger partial charge in [0.25, 0.3) is 5.91 Å². The van der Waals surface area contributed by atoms with E-state index >= 15 is 0 Å². The smallest absolute Gasteiger partial charge is 0.254 e. The van der Waals surface area contributed by atoms with Crippen molar-refractivity contribution >= 4 is 11.9 Å². The normalized spacial score (nSPS) is 10.3. The summed E-state index contributed by atoms with van der Waals surface area (Å²) >= 11 is 0. The van der Waals surface area contributed by atoms with Crippen LogP contribution in [-0.4, -0.2) is 43.6 Å². The van der Waals surface area contributed by atoms with Gasteiger partial charge in [-0.2, -0.15) is 0 Å². The second-order valence-corrected chi connectivity index (χ2v) is 4.47. The monoisotopic (exact) mass is 266 g/mol. The van der Waals surface area contributed by atoms with Crippen LogP contribution in [0.3, 0.4) is 0 Å². The first kappa shape index (κ1) is 15.4. The van der Waals surface area contributed by atoms with Crippen molar-refractivity contribution in [2.24, 2.45) is 0 Å². The zero-order valence-electron chi connectivity index (χ0n) is 12.1. The molecule has 0 fully saturated rings. The molecule has 1 heterocycles. The highest BCUT2D eigenvalue weighted by atomic mass is 16.5. The molecule has 0 aromatic carbocycles. The summed E-state index contributed by atoms with van der Waals surface area (Å²) in [6.07, 6.45) is 3.56. The van der Waals surface area contributed by atoms with E-state index in [0.717, 1.165) is 12.8 Å². The van der Waals surface area contributed by atoms with E-state index in [1.165, 1.54) is 0 Å². The molecule has 0 atom stereocenters. The van der Waals surface area contributed by atoms with Crippen LogP contribution in [0.2, 0.25) is 0 Å². The summed E-state index contributed by atoms with van der Waals surface area (Å²) in [7, 11) is 5.29. The molecule has 1 N–H and O–H groups in total. The SMILES string of the molecule is CCCCNC(=O)c1cnc(N(C)C)nc1COC. The van der Waals surface area contributed by atoms with Crippen molar-refractivity contribution in [2.45, 2.75) is 26.4 Å². The average molecular weight is 266 g/mol. The van der Waals surface area contributed by atoms with E-state index in [1.807, 2.05) is 14.1 Å². The lowest BCUT2D eigenvalue weighted by Crippen LogP contribution is -2.27. The van der Waals surface area contributed by atoms with Gasteiger partial charge in [0.15, 0.2) is 0 Å². The molecule has 0 spiro atoms. The molecule has 0 saturated carbocycles. The molecule has 1 aromatic rings. The van der Waals surface area contributed by atoms with Crippen LogP contribution in [-0.2, 0) is 11.3 Å². The highest BCUT2D eigenvalue weighted by Crippen LogP contribution is 2.11. The molecule has 106 valence electrons. The van der Waals surface area contributed by atoms with Crippen LogP contribution in [0, 0.1) is 0 Å². The summed E-state index contributed by atoms with van der Waals surface area (Å²) in [5.74, 6) is 0.419. The van der Waals surface area contributed by atoms with Crippen molar-refractivity contribution in [3.8, 4) is 0 Å². The first-order valence-electron chi connectivity index (χ1n) is 6.40. The third kappa shape index (κ3) is 4.48. The van der Waals surface area contributed by atoms with Crippen LogP contribution >= 0.6 is 0 Å². The van der Waals surface area contributed by atoms with Gasteiger partial charge in [-0.05, 0) is 6.42 Å². The van der Waals surface area contributed by atoms with Gasteiger partial charge in [-0.25, -0.2) is 9.97 Å². The molecule has 1 amide bonds. The van der Waals surface area contributed by atoms with E-state index in [9.17, 15) is 4.79 Å². The predicted octanol–water partition coefficient (Wildman–Crippen LogP) is 1.22. The topological polar surface area (TPSA) is 67.4 Å². The molecule has 0 aliphatic rings. The highest BCUT2D eigenvalue weighted by Gasteiger charge is 2.14. The van der Waals surface area contributed by atoms with Crippen molar-refractivity contribution < 1.29 is 9.53 Å². The van der Waals surface area contributed by atoms with Gasteiger partial charge in [-0.15, -0.1) is 0 Å². The molecule has 0 aliphatic heterocycles. The number of anilines is 1. The maximum absolute atomic E-state index is 12.0. The molecule has 6 nitrogen and oxygen atoms in total. The number of nitrogens with one attached hydrogen (secondary N) is 1. The molecule has 6 heteroatoms. The lowest BCUT2D eigenvalue weighted by molar-refractivity contribution is 0.0946. The number of aromatic nitrogens is 2. The van der Waals surface area contributed by atoms with Crippen molar-refractivity contribution in [2.75, 3.05) is 32.6 Å². The molecular formula is C13H22N4O2. The number of hydrogen-bond acceptors (Lipinski definition) is 5. The van der Waals surface area contributed by atoms with E-state index in [1.54, 1.807) is 18.2 Å². The summed E-state index contributed by atoms with van der Waals surface area (Å²) in [5.41, 5.74) is 1.08. The van der Waals surface area contributed by atoms with E-state index in [2.05, 4.69) is 22.2 Å². The molecular weight excluding hydrogens is 244 g/mol. The number of methoxy groups -OCH3 is 1. The van der Waals surface area contributed by atoms with Gasteiger partial charge in [-0.1, -0.05) is 13.3 Å². The minimum absolute atomic E-state index is 0.147. The van der Waals surface area contributed by atoms with Crippen molar-refractivity contribution in [1.82, 2.24) is 15.3 Å². The zero-order valence-corrected chi connectivity index (χ0v) is 12.1. The summed E-state index contributed by atoms with van der Waals surface area (Å²) in [6.45, 7) is 3.04. The Labute approximate surface area is 114 Å². The van der Waals surface area contributed by atoms with E-state index in [4.69, 9.17) is 4.74 Å². The molecule has 1 aromatic heterocycles. The number of rotatable bonds is 7. The predicted molar refractivity (Wildman–Crippen MR) is 74.3 cm³/mol. The van der Waals surface area contributed by atoms with Crippen LogP contribution in [0.4, 0.5) is 5.95 Å². The fourth-order valence-corrected chi connectivity index (χ4v) is 1.53. The Bertz CT molecular complexity index is 421. The number of hydrogen-bond donors (Lipinski definition) is 1. The Balaban J connectivity index is 2.89. The number of nitrogens with zero attached hydrogens (tertiary/aromatic N) is 3. The molecule has 1 rings (SSSR count). The minimum atomic E-state index is -0.147. The Kier molecular flexibility index (Phi) is 6.21. The van der Waals surface area contributed by atoms with Crippen LogP contribution in [0.1, 0.15) is 35.8 Å². The maximum atomic E-state index is 12.0. The summed E-state index contributed by atoms with van der Waals surface area (Å²) < 4.78 is 5.09. The van der Waals surface area contributed by atoms with Crippen molar-refractivity contribution in [3.05, 3.63) is 17.5 Å². The van der Waals surface area contributed by atoms with Crippen LogP contribution in [0.25, 0.3) is 0 Å². The van der Waals surface area contributed by atoms with Crippen LogP contribution in [0.15, 0.2) is 6.20 Å². The fourth-order valence-electron chi connectivity index (χ4n) is 1.53. The second kappa shape index (κ2) is 7.68. The second-order valence-electron chi connectivity index (χ2n) is 4.47. The molecule has 0 aliphatic carbocycles. The summed E-state index contributed by atoms with van der Waals surface area (Å²) in [6, 6.07) is 0. The lowest BCUT2D eigenvalue weighted by Gasteiger charge is -2.13. The van der Waals surface area contributed by atoms with Gasteiger partial charge in [-0.3, -0.25) is 4.79 Å². The first-order valence-corrected chi connectivity index (χ1v) is 6.40. The zero-order chi connectivity index (χ0) is 14.3. The quantitative estimate of drug-likeness (QED) is 0.752. The van der Waals surface area contributed by atoms with E-state index in [0.29, 0.717) is 30.4 Å². The van der Waals surface area contributed by atoms with Gasteiger partial charge >= 0.3 is 0 Å². The van der Waals surface area contributed by atoms with Gasteiger partial charge in [0.05, 0.1) is 17.9 Å². The Morgan fingerprint density at radius 3 is 2.79 bits per heavy atom. The Morgan fingerprint density at radius 2 is 2.21 bits per heavy atom. The third-order valence-electron chi connectivity index (χ3n) is 2.60. The van der Waals surface area contributed by atoms with Crippen molar-refractivity contribution in [1.29, 1.82) is 0 Å². The Morgan fingerprint density at radius 1 is 1.47 bits per heavy atom. The highest BCUT2D eigenvalue weighted by molar-refractivity contribution is 5.95. The number of amides is 1. The lowest BCUT2D eigenvalue weighted by atomic mass is 10.2. The van der Waals surface area contributed by atoms with E-state index in [-0.39, 0.29) is 5.91 Å².